The first-order valence-corrected chi connectivity index (χ1v) is 10.6. The van der Waals surface area contributed by atoms with Crippen molar-refractivity contribution in [1.82, 2.24) is 15.2 Å². The molecule has 3 aromatic rings. The molecule has 0 unspecified atom stereocenters. The van der Waals surface area contributed by atoms with Crippen LogP contribution < -0.4 is 5.32 Å². The predicted octanol–water partition coefficient (Wildman–Crippen LogP) is 5.28. The number of thiazole rings is 1. The van der Waals surface area contributed by atoms with E-state index in [9.17, 15) is 9.18 Å². The quantitative estimate of drug-likeness (QED) is 0.528. The Morgan fingerprint density at radius 2 is 1.86 bits per heavy atom. The number of hydrogen-bond acceptors (Lipinski definition) is 4. The SMILES string of the molecule is CC(C)NC(=O)c1csc(CN(Cc2ccc(F)cc2)Cc2cccc(Cl)c2)n1. The van der Waals surface area contributed by atoms with Gasteiger partial charge in [-0.3, -0.25) is 9.69 Å². The van der Waals surface area contributed by atoms with Crippen molar-refractivity contribution in [3.63, 3.8) is 0 Å². The number of carbonyl (C=O) groups is 1. The Morgan fingerprint density at radius 3 is 2.55 bits per heavy atom. The third-order valence-electron chi connectivity index (χ3n) is 4.18. The van der Waals surface area contributed by atoms with E-state index in [2.05, 4.69) is 15.2 Å². The van der Waals surface area contributed by atoms with Crippen LogP contribution in [0.4, 0.5) is 4.39 Å². The van der Waals surface area contributed by atoms with Crippen LogP contribution in [0.5, 0.6) is 0 Å². The van der Waals surface area contributed by atoms with E-state index in [4.69, 9.17) is 11.6 Å². The summed E-state index contributed by atoms with van der Waals surface area (Å²) in [6.07, 6.45) is 0. The maximum atomic E-state index is 13.3. The molecule has 1 N–H and O–H groups in total. The molecule has 4 nitrogen and oxygen atoms in total. The number of nitrogens with zero attached hydrogens (tertiary/aromatic N) is 2. The average Bonchev–Trinajstić information content (AvgIpc) is 3.12. The summed E-state index contributed by atoms with van der Waals surface area (Å²) in [6.45, 7) is 5.69. The molecule has 0 fully saturated rings. The van der Waals surface area contributed by atoms with Gasteiger partial charge in [-0.25, -0.2) is 9.37 Å². The summed E-state index contributed by atoms with van der Waals surface area (Å²) in [7, 11) is 0. The lowest BCUT2D eigenvalue weighted by atomic mass is 10.1. The molecule has 29 heavy (non-hydrogen) atoms. The summed E-state index contributed by atoms with van der Waals surface area (Å²) >= 11 is 7.59. The molecule has 1 amide bonds. The molecule has 1 heterocycles. The predicted molar refractivity (Wildman–Crippen MR) is 116 cm³/mol. The summed E-state index contributed by atoms with van der Waals surface area (Å²) in [6, 6.07) is 14.3. The van der Waals surface area contributed by atoms with Gasteiger partial charge in [-0.1, -0.05) is 35.9 Å². The van der Waals surface area contributed by atoms with Gasteiger partial charge in [-0.2, -0.15) is 0 Å². The lowest BCUT2D eigenvalue weighted by molar-refractivity contribution is 0.0938. The number of benzene rings is 2. The monoisotopic (exact) mass is 431 g/mol. The molecule has 0 spiro atoms. The Morgan fingerprint density at radius 1 is 1.14 bits per heavy atom. The second-order valence-corrected chi connectivity index (χ2v) is 8.54. The number of aromatic nitrogens is 1. The first-order chi connectivity index (χ1) is 13.9. The molecular weight excluding hydrogens is 409 g/mol. The van der Waals surface area contributed by atoms with Crippen LogP contribution in [0.1, 0.15) is 40.5 Å². The fourth-order valence-electron chi connectivity index (χ4n) is 2.92. The van der Waals surface area contributed by atoms with Crippen LogP contribution in [0.2, 0.25) is 5.02 Å². The lowest BCUT2D eigenvalue weighted by Crippen LogP contribution is -2.30. The van der Waals surface area contributed by atoms with Crippen molar-refractivity contribution in [2.75, 3.05) is 0 Å². The average molecular weight is 432 g/mol. The zero-order valence-corrected chi connectivity index (χ0v) is 17.9. The van der Waals surface area contributed by atoms with Gasteiger partial charge < -0.3 is 5.32 Å². The van der Waals surface area contributed by atoms with Crippen molar-refractivity contribution in [2.24, 2.45) is 0 Å². The number of rotatable bonds is 8. The van der Waals surface area contributed by atoms with Crippen LogP contribution in [0.25, 0.3) is 0 Å². The highest BCUT2D eigenvalue weighted by Crippen LogP contribution is 2.19. The second-order valence-electron chi connectivity index (χ2n) is 7.16. The number of hydrogen-bond donors (Lipinski definition) is 1. The Bertz CT molecular complexity index is 959. The number of halogens is 2. The molecule has 152 valence electrons. The highest BCUT2D eigenvalue weighted by molar-refractivity contribution is 7.09. The minimum atomic E-state index is -0.254. The van der Waals surface area contributed by atoms with E-state index < -0.39 is 0 Å². The topological polar surface area (TPSA) is 45.2 Å². The van der Waals surface area contributed by atoms with Gasteiger partial charge in [-0.15, -0.1) is 11.3 Å². The van der Waals surface area contributed by atoms with Gasteiger partial charge in [0.05, 0.1) is 6.54 Å². The van der Waals surface area contributed by atoms with Crippen molar-refractivity contribution in [3.8, 4) is 0 Å². The zero-order valence-electron chi connectivity index (χ0n) is 16.4. The van der Waals surface area contributed by atoms with Gasteiger partial charge in [-0.05, 0) is 49.2 Å². The van der Waals surface area contributed by atoms with Crippen molar-refractivity contribution in [3.05, 3.63) is 86.6 Å². The molecule has 2 aromatic carbocycles. The highest BCUT2D eigenvalue weighted by Gasteiger charge is 2.15. The summed E-state index contributed by atoms with van der Waals surface area (Å²) in [4.78, 5) is 18.9. The fourth-order valence-corrected chi connectivity index (χ4v) is 3.95. The van der Waals surface area contributed by atoms with Crippen molar-refractivity contribution in [2.45, 2.75) is 39.5 Å². The van der Waals surface area contributed by atoms with Gasteiger partial charge in [0.15, 0.2) is 0 Å². The molecule has 0 radical (unpaired) electrons. The molecule has 0 saturated carbocycles. The van der Waals surface area contributed by atoms with Crippen LogP contribution in [0.15, 0.2) is 53.9 Å². The van der Waals surface area contributed by atoms with Crippen LogP contribution in [0.3, 0.4) is 0 Å². The third kappa shape index (κ3) is 6.63. The molecule has 0 bridgehead atoms. The van der Waals surface area contributed by atoms with Crippen LogP contribution >= 0.6 is 22.9 Å². The van der Waals surface area contributed by atoms with Crippen LogP contribution in [-0.4, -0.2) is 21.8 Å². The van der Waals surface area contributed by atoms with E-state index in [1.54, 1.807) is 17.5 Å². The summed E-state index contributed by atoms with van der Waals surface area (Å²) in [5.74, 6) is -0.418. The molecule has 3 rings (SSSR count). The van der Waals surface area contributed by atoms with Crippen LogP contribution in [-0.2, 0) is 19.6 Å². The van der Waals surface area contributed by atoms with E-state index in [1.807, 2.05) is 38.1 Å². The Kier molecular flexibility index (Phi) is 7.36. The zero-order chi connectivity index (χ0) is 20.8. The number of amides is 1. The number of nitrogens with one attached hydrogen (secondary N) is 1. The molecule has 0 atom stereocenters. The highest BCUT2D eigenvalue weighted by atomic mass is 35.5. The summed E-state index contributed by atoms with van der Waals surface area (Å²) in [5, 5.41) is 6.17. The number of carbonyl (C=O) groups excluding carboxylic acids is 1. The molecule has 0 aliphatic carbocycles. The molecule has 1 aromatic heterocycles. The van der Waals surface area contributed by atoms with Crippen LogP contribution in [0, 0.1) is 5.82 Å². The molecular formula is C22H23ClFN3OS. The Hall–Kier alpha value is -2.28. The van der Waals surface area contributed by atoms with Gasteiger partial charge in [0.2, 0.25) is 0 Å². The maximum absolute atomic E-state index is 13.3. The minimum absolute atomic E-state index is 0.0606. The van der Waals surface area contributed by atoms with Crippen molar-refractivity contribution in [1.29, 1.82) is 0 Å². The maximum Gasteiger partial charge on any atom is 0.270 e. The third-order valence-corrected chi connectivity index (χ3v) is 5.25. The van der Waals surface area contributed by atoms with Gasteiger partial charge in [0.1, 0.15) is 16.5 Å². The van der Waals surface area contributed by atoms with Gasteiger partial charge in [0, 0.05) is 29.5 Å². The summed E-state index contributed by atoms with van der Waals surface area (Å²) in [5.41, 5.74) is 2.51. The van der Waals surface area contributed by atoms with Crippen molar-refractivity contribution >= 4 is 28.8 Å². The first kappa shape index (κ1) is 21.4. The van der Waals surface area contributed by atoms with E-state index in [-0.39, 0.29) is 17.8 Å². The van der Waals surface area contributed by atoms with Gasteiger partial charge >= 0.3 is 0 Å². The first-order valence-electron chi connectivity index (χ1n) is 9.35. The van der Waals surface area contributed by atoms with E-state index in [1.165, 1.54) is 23.5 Å². The lowest BCUT2D eigenvalue weighted by Gasteiger charge is -2.21. The molecule has 0 aliphatic rings. The second kappa shape index (κ2) is 9.96. The minimum Gasteiger partial charge on any atom is -0.349 e. The standard InChI is InChI=1S/C22H23ClFN3OS/c1-15(2)25-22(28)20-14-29-21(26-20)13-27(11-16-6-8-19(24)9-7-16)12-17-4-3-5-18(23)10-17/h3-10,14-15H,11-13H2,1-2H3,(H,25,28). The van der Waals surface area contributed by atoms with Crippen molar-refractivity contribution < 1.29 is 9.18 Å². The normalized spacial score (nSPS) is 11.2. The Balaban J connectivity index is 1.76. The molecule has 0 saturated heterocycles. The molecule has 0 aliphatic heterocycles. The molecule has 7 heteroatoms. The smallest absolute Gasteiger partial charge is 0.270 e. The summed E-state index contributed by atoms with van der Waals surface area (Å²) < 4.78 is 13.3. The van der Waals surface area contributed by atoms with Gasteiger partial charge in [0.25, 0.3) is 5.91 Å². The Labute approximate surface area is 179 Å². The van der Waals surface area contributed by atoms with E-state index >= 15 is 0 Å². The largest absolute Gasteiger partial charge is 0.349 e. The van der Waals surface area contributed by atoms with E-state index in [0.29, 0.717) is 30.4 Å². The fraction of sp³-hybridized carbons (Fsp3) is 0.273. The van der Waals surface area contributed by atoms with E-state index in [0.717, 1.165) is 16.1 Å².